The molecule has 1 heterocycles. The lowest BCUT2D eigenvalue weighted by Gasteiger charge is -2.24. The zero-order valence-corrected chi connectivity index (χ0v) is 15.1. The van der Waals surface area contributed by atoms with E-state index in [1.165, 1.54) is 12.1 Å². The molecule has 0 saturated carbocycles. The van der Waals surface area contributed by atoms with E-state index in [4.69, 9.17) is 9.47 Å². The van der Waals surface area contributed by atoms with Gasteiger partial charge in [-0.25, -0.2) is 9.07 Å². The predicted molar refractivity (Wildman–Crippen MR) is 98.5 cm³/mol. The molecule has 1 aromatic heterocycles. The van der Waals surface area contributed by atoms with Gasteiger partial charge in [-0.2, -0.15) is 5.10 Å². The van der Waals surface area contributed by atoms with E-state index in [0.717, 1.165) is 16.9 Å². The van der Waals surface area contributed by atoms with Gasteiger partial charge in [0.1, 0.15) is 17.3 Å². The van der Waals surface area contributed by atoms with Crippen molar-refractivity contribution in [3.05, 3.63) is 71.3 Å². The van der Waals surface area contributed by atoms with Crippen molar-refractivity contribution < 1.29 is 18.7 Å². The number of ether oxygens (including phenoxy) is 2. The molecule has 138 valence electrons. The lowest BCUT2D eigenvalue weighted by Crippen LogP contribution is -2.20. The highest BCUT2D eigenvalue weighted by molar-refractivity contribution is 5.98. The van der Waals surface area contributed by atoms with Gasteiger partial charge in [0.05, 0.1) is 37.4 Å². The van der Waals surface area contributed by atoms with Gasteiger partial charge < -0.3 is 9.47 Å². The van der Waals surface area contributed by atoms with Gasteiger partial charge in [0.25, 0.3) is 0 Å². The van der Waals surface area contributed by atoms with Crippen LogP contribution in [0.3, 0.4) is 0 Å². The van der Waals surface area contributed by atoms with Crippen molar-refractivity contribution in [2.24, 2.45) is 0 Å². The Labute approximate surface area is 156 Å². The third kappa shape index (κ3) is 3.07. The summed E-state index contributed by atoms with van der Waals surface area (Å²) >= 11 is 0. The average molecular weight is 366 g/mol. The number of rotatable bonds is 4. The molecule has 4 rings (SSSR count). The molecule has 0 unspecified atom stereocenters. The van der Waals surface area contributed by atoms with Crippen LogP contribution in [0.15, 0.2) is 48.7 Å². The summed E-state index contributed by atoms with van der Waals surface area (Å²) in [6.07, 6.45) is 2.63. The van der Waals surface area contributed by atoms with Gasteiger partial charge in [-0.1, -0.05) is 6.07 Å². The summed E-state index contributed by atoms with van der Waals surface area (Å²) in [6, 6.07) is 11.7. The Balaban J connectivity index is 1.74. The van der Waals surface area contributed by atoms with E-state index in [0.29, 0.717) is 29.9 Å². The van der Waals surface area contributed by atoms with E-state index in [1.54, 1.807) is 37.2 Å². The lowest BCUT2D eigenvalue weighted by molar-refractivity contribution is 0.0963. The molecule has 1 atom stereocenters. The quantitative estimate of drug-likeness (QED) is 0.702. The fourth-order valence-electron chi connectivity index (χ4n) is 3.62. The number of hydrogen-bond donors (Lipinski definition) is 0. The van der Waals surface area contributed by atoms with Crippen molar-refractivity contribution in [3.8, 4) is 17.2 Å². The number of methoxy groups -OCH3 is 2. The molecule has 3 aromatic rings. The van der Waals surface area contributed by atoms with E-state index in [9.17, 15) is 9.18 Å². The smallest absolute Gasteiger partial charge is 0.166 e. The Morgan fingerprint density at radius 1 is 1.07 bits per heavy atom. The number of aromatic nitrogens is 2. The average Bonchev–Trinajstić information content (AvgIpc) is 3.12. The number of benzene rings is 2. The maximum Gasteiger partial charge on any atom is 0.166 e. The summed E-state index contributed by atoms with van der Waals surface area (Å²) in [4.78, 5) is 12.7. The van der Waals surface area contributed by atoms with Crippen LogP contribution in [0.5, 0.6) is 11.5 Å². The monoisotopic (exact) mass is 366 g/mol. The Morgan fingerprint density at radius 2 is 1.85 bits per heavy atom. The molecule has 1 aliphatic carbocycles. The number of halogens is 1. The zero-order chi connectivity index (χ0) is 19.0. The summed E-state index contributed by atoms with van der Waals surface area (Å²) in [5, 5.41) is 4.37. The largest absolute Gasteiger partial charge is 0.497 e. The van der Waals surface area contributed by atoms with E-state index < -0.39 is 0 Å². The topological polar surface area (TPSA) is 53.3 Å². The molecule has 0 N–H and O–H groups in total. The molecule has 0 aliphatic heterocycles. The van der Waals surface area contributed by atoms with Crippen molar-refractivity contribution in [3.63, 3.8) is 0 Å². The highest BCUT2D eigenvalue weighted by Gasteiger charge is 2.31. The summed E-state index contributed by atoms with van der Waals surface area (Å²) in [6.45, 7) is 0. The van der Waals surface area contributed by atoms with Crippen LogP contribution in [0.25, 0.3) is 5.69 Å². The van der Waals surface area contributed by atoms with Crippen LogP contribution in [-0.4, -0.2) is 29.8 Å². The minimum atomic E-state index is -0.309. The standard InChI is InChI=1S/C21H19FN2O3/c1-26-16-7-8-17(21(11-16)27-2)13-9-19-18(20(25)10-13)12-23-24(19)15-5-3-14(22)4-6-15/h3-8,11-13H,9-10H2,1-2H3/t13-/m1/s1. The summed E-state index contributed by atoms with van der Waals surface area (Å²) in [5.41, 5.74) is 3.15. The fraction of sp³-hybridized carbons (Fsp3) is 0.238. The van der Waals surface area contributed by atoms with Crippen molar-refractivity contribution in [1.82, 2.24) is 9.78 Å². The van der Waals surface area contributed by atoms with Gasteiger partial charge in [0.15, 0.2) is 5.78 Å². The van der Waals surface area contributed by atoms with Crippen LogP contribution in [0.2, 0.25) is 0 Å². The number of hydrogen-bond acceptors (Lipinski definition) is 4. The Kier molecular flexibility index (Phi) is 4.39. The number of carbonyl (C=O) groups excluding carboxylic acids is 1. The Hall–Kier alpha value is -3.15. The summed E-state index contributed by atoms with van der Waals surface area (Å²) < 4.78 is 25.7. The molecule has 0 saturated heterocycles. The van der Waals surface area contributed by atoms with Gasteiger partial charge in [-0.3, -0.25) is 4.79 Å². The minimum absolute atomic E-state index is 0.0262. The Morgan fingerprint density at radius 3 is 2.56 bits per heavy atom. The van der Waals surface area contributed by atoms with Crippen LogP contribution in [0.4, 0.5) is 4.39 Å². The zero-order valence-electron chi connectivity index (χ0n) is 15.1. The first-order valence-corrected chi connectivity index (χ1v) is 8.68. The molecule has 1 aliphatic rings. The molecule has 5 nitrogen and oxygen atoms in total. The number of Topliss-reactive ketones (excluding diaryl/α,β-unsaturated/α-hetero) is 1. The van der Waals surface area contributed by atoms with Gasteiger partial charge >= 0.3 is 0 Å². The van der Waals surface area contributed by atoms with E-state index in [2.05, 4.69) is 5.10 Å². The van der Waals surface area contributed by atoms with E-state index in [-0.39, 0.29) is 17.5 Å². The third-order valence-corrected chi connectivity index (χ3v) is 4.99. The first kappa shape index (κ1) is 17.3. The highest BCUT2D eigenvalue weighted by atomic mass is 19.1. The summed E-state index contributed by atoms with van der Waals surface area (Å²) in [5.74, 6) is 1.11. The molecule has 0 amide bonds. The van der Waals surface area contributed by atoms with Gasteiger partial charge in [0, 0.05) is 18.4 Å². The highest BCUT2D eigenvalue weighted by Crippen LogP contribution is 2.39. The first-order chi connectivity index (χ1) is 13.1. The van der Waals surface area contributed by atoms with Crippen LogP contribution in [0.1, 0.15) is 34.0 Å². The molecule has 0 radical (unpaired) electrons. The van der Waals surface area contributed by atoms with Crippen molar-refractivity contribution in [2.75, 3.05) is 14.2 Å². The normalized spacial score (nSPS) is 16.1. The second kappa shape index (κ2) is 6.87. The molecular formula is C21H19FN2O3. The number of carbonyl (C=O) groups is 1. The second-order valence-corrected chi connectivity index (χ2v) is 6.53. The van der Waals surface area contributed by atoms with Gasteiger partial charge in [-0.05, 0) is 42.3 Å². The minimum Gasteiger partial charge on any atom is -0.497 e. The molecule has 2 aromatic carbocycles. The maximum absolute atomic E-state index is 13.3. The fourth-order valence-corrected chi connectivity index (χ4v) is 3.62. The van der Waals surface area contributed by atoms with Gasteiger partial charge in [0.2, 0.25) is 0 Å². The number of fused-ring (bicyclic) bond motifs is 1. The summed E-state index contributed by atoms with van der Waals surface area (Å²) in [7, 11) is 3.21. The van der Waals surface area contributed by atoms with Gasteiger partial charge in [-0.15, -0.1) is 0 Å². The van der Waals surface area contributed by atoms with Crippen molar-refractivity contribution in [2.45, 2.75) is 18.8 Å². The van der Waals surface area contributed by atoms with Crippen LogP contribution in [0, 0.1) is 5.82 Å². The molecule has 0 bridgehead atoms. The lowest BCUT2D eigenvalue weighted by atomic mass is 9.82. The molecule has 0 spiro atoms. The number of nitrogens with zero attached hydrogens (tertiary/aromatic N) is 2. The van der Waals surface area contributed by atoms with Crippen LogP contribution >= 0.6 is 0 Å². The maximum atomic E-state index is 13.3. The first-order valence-electron chi connectivity index (χ1n) is 8.68. The second-order valence-electron chi connectivity index (χ2n) is 6.53. The molecular weight excluding hydrogens is 347 g/mol. The predicted octanol–water partition coefficient (Wildman–Crippen LogP) is 3.94. The van der Waals surface area contributed by atoms with Crippen LogP contribution < -0.4 is 9.47 Å². The third-order valence-electron chi connectivity index (χ3n) is 4.99. The van der Waals surface area contributed by atoms with Crippen molar-refractivity contribution >= 4 is 5.78 Å². The van der Waals surface area contributed by atoms with E-state index >= 15 is 0 Å². The van der Waals surface area contributed by atoms with Crippen molar-refractivity contribution in [1.29, 1.82) is 0 Å². The van der Waals surface area contributed by atoms with E-state index in [1.807, 2.05) is 18.2 Å². The van der Waals surface area contributed by atoms with Crippen LogP contribution in [-0.2, 0) is 6.42 Å². The molecule has 27 heavy (non-hydrogen) atoms. The molecule has 0 fully saturated rings. The number of ketones is 1. The Bertz CT molecular complexity index is 995. The molecule has 6 heteroatoms. The SMILES string of the molecule is COc1ccc([C@H]2CC(=O)c3cnn(-c4ccc(F)cc4)c3C2)c(OC)c1.